The normalized spacial score (nSPS) is 12.3. The molecule has 106 valence electrons. The van der Waals surface area contributed by atoms with Crippen LogP contribution in [0.2, 0.25) is 0 Å². The molecule has 0 heterocycles. The van der Waals surface area contributed by atoms with Crippen molar-refractivity contribution in [2.45, 2.75) is 32.7 Å². The zero-order chi connectivity index (χ0) is 14.4. The van der Waals surface area contributed by atoms with Crippen LogP contribution in [0.4, 0.5) is 0 Å². The lowest BCUT2D eigenvalue weighted by molar-refractivity contribution is 0.549. The fourth-order valence-corrected chi connectivity index (χ4v) is 2.66. The second-order valence-corrected chi connectivity index (χ2v) is 5.95. The minimum absolute atomic E-state index is 0.382. The fourth-order valence-electron chi connectivity index (χ4n) is 2.40. The quantitative estimate of drug-likeness (QED) is 0.793. The van der Waals surface area contributed by atoms with Crippen LogP contribution < -0.4 is 5.32 Å². The number of hydrogen-bond donors (Lipinski definition) is 1. The Morgan fingerprint density at radius 2 is 1.50 bits per heavy atom. The lowest BCUT2D eigenvalue weighted by atomic mass is 9.97. The summed E-state index contributed by atoms with van der Waals surface area (Å²) in [5, 5.41) is 3.59. The molecule has 0 aliphatic rings. The van der Waals surface area contributed by atoms with Gasteiger partial charge in [0, 0.05) is 10.5 Å². The maximum atomic E-state index is 3.59. The smallest absolute Gasteiger partial charge is 0.0360 e. The molecule has 20 heavy (non-hydrogen) atoms. The lowest BCUT2D eigenvalue weighted by Gasteiger charge is -2.19. The summed E-state index contributed by atoms with van der Waals surface area (Å²) in [5.41, 5.74) is 4.12. The summed E-state index contributed by atoms with van der Waals surface area (Å²) in [7, 11) is 0. The van der Waals surface area contributed by atoms with Crippen LogP contribution in [0.15, 0.2) is 53.0 Å². The molecule has 2 heteroatoms. The van der Waals surface area contributed by atoms with E-state index in [0.29, 0.717) is 6.04 Å². The minimum Gasteiger partial charge on any atom is -0.310 e. The molecule has 0 bridgehead atoms. The van der Waals surface area contributed by atoms with E-state index in [1.165, 1.54) is 16.7 Å². The van der Waals surface area contributed by atoms with E-state index < -0.39 is 0 Å². The standard InChI is InChI=1S/C18H22BrN/c1-3-14-5-9-16(10-6-14)18(20-4-2)13-15-7-11-17(19)12-8-15/h5-12,18,20H,3-4,13H2,1-2H3. The van der Waals surface area contributed by atoms with Crippen LogP contribution in [-0.4, -0.2) is 6.54 Å². The summed E-state index contributed by atoms with van der Waals surface area (Å²) < 4.78 is 1.13. The Bertz CT molecular complexity index is 516. The van der Waals surface area contributed by atoms with Gasteiger partial charge in [-0.1, -0.05) is 66.2 Å². The van der Waals surface area contributed by atoms with Crippen molar-refractivity contribution in [2.24, 2.45) is 0 Å². The topological polar surface area (TPSA) is 12.0 Å². The monoisotopic (exact) mass is 331 g/mol. The number of benzene rings is 2. The zero-order valence-electron chi connectivity index (χ0n) is 12.2. The molecule has 1 N–H and O–H groups in total. The Labute approximate surface area is 130 Å². The summed E-state index contributed by atoms with van der Waals surface area (Å²) in [6.45, 7) is 5.34. The summed E-state index contributed by atoms with van der Waals surface area (Å²) in [5.74, 6) is 0. The Balaban J connectivity index is 2.14. The summed E-state index contributed by atoms with van der Waals surface area (Å²) >= 11 is 3.49. The predicted molar refractivity (Wildman–Crippen MR) is 90.1 cm³/mol. The predicted octanol–water partition coefficient (Wildman–Crippen LogP) is 4.90. The van der Waals surface area contributed by atoms with Crippen molar-refractivity contribution in [3.8, 4) is 0 Å². The highest BCUT2D eigenvalue weighted by atomic mass is 79.9. The molecule has 0 radical (unpaired) electrons. The van der Waals surface area contributed by atoms with E-state index in [2.05, 4.69) is 83.6 Å². The van der Waals surface area contributed by atoms with Gasteiger partial charge in [-0.15, -0.1) is 0 Å². The van der Waals surface area contributed by atoms with Gasteiger partial charge in [-0.2, -0.15) is 0 Å². The molecule has 0 aliphatic heterocycles. The lowest BCUT2D eigenvalue weighted by Crippen LogP contribution is -2.22. The fraction of sp³-hybridized carbons (Fsp3) is 0.333. The van der Waals surface area contributed by atoms with E-state index in [-0.39, 0.29) is 0 Å². The third kappa shape index (κ3) is 4.19. The van der Waals surface area contributed by atoms with Crippen molar-refractivity contribution >= 4 is 15.9 Å². The van der Waals surface area contributed by atoms with Gasteiger partial charge in [-0.3, -0.25) is 0 Å². The second kappa shape index (κ2) is 7.61. The van der Waals surface area contributed by atoms with Crippen molar-refractivity contribution in [3.05, 3.63) is 69.7 Å². The third-order valence-corrected chi connectivity index (χ3v) is 4.12. The van der Waals surface area contributed by atoms with Gasteiger partial charge in [0.2, 0.25) is 0 Å². The van der Waals surface area contributed by atoms with Crippen LogP contribution in [0.25, 0.3) is 0 Å². The van der Waals surface area contributed by atoms with Crippen LogP contribution in [0.1, 0.15) is 36.6 Å². The summed E-state index contributed by atoms with van der Waals surface area (Å²) in [4.78, 5) is 0. The van der Waals surface area contributed by atoms with Gasteiger partial charge in [0.05, 0.1) is 0 Å². The minimum atomic E-state index is 0.382. The highest BCUT2D eigenvalue weighted by molar-refractivity contribution is 9.10. The van der Waals surface area contributed by atoms with Gasteiger partial charge in [0.15, 0.2) is 0 Å². The molecule has 0 fully saturated rings. The Kier molecular flexibility index (Phi) is 5.81. The first-order valence-corrected chi connectivity index (χ1v) is 8.09. The van der Waals surface area contributed by atoms with Crippen LogP contribution in [0.3, 0.4) is 0 Å². The first-order valence-electron chi connectivity index (χ1n) is 7.29. The van der Waals surface area contributed by atoms with Gasteiger partial charge in [0.1, 0.15) is 0 Å². The third-order valence-electron chi connectivity index (χ3n) is 3.59. The van der Waals surface area contributed by atoms with Crippen molar-refractivity contribution < 1.29 is 0 Å². The largest absolute Gasteiger partial charge is 0.310 e. The number of likely N-dealkylation sites (N-methyl/N-ethyl adjacent to an activating group) is 1. The average molecular weight is 332 g/mol. The van der Waals surface area contributed by atoms with E-state index in [1.54, 1.807) is 0 Å². The molecule has 1 nitrogen and oxygen atoms in total. The van der Waals surface area contributed by atoms with E-state index in [0.717, 1.165) is 23.9 Å². The first-order chi connectivity index (χ1) is 9.72. The Morgan fingerprint density at radius 1 is 0.900 bits per heavy atom. The first kappa shape index (κ1) is 15.3. The molecule has 0 amide bonds. The number of nitrogens with one attached hydrogen (secondary N) is 1. The molecule has 0 aliphatic carbocycles. The van der Waals surface area contributed by atoms with Gasteiger partial charge in [0.25, 0.3) is 0 Å². The molecule has 1 unspecified atom stereocenters. The van der Waals surface area contributed by atoms with Crippen LogP contribution >= 0.6 is 15.9 Å². The van der Waals surface area contributed by atoms with Crippen LogP contribution in [-0.2, 0) is 12.8 Å². The summed E-state index contributed by atoms with van der Waals surface area (Å²) in [6, 6.07) is 18.0. The van der Waals surface area contributed by atoms with E-state index in [4.69, 9.17) is 0 Å². The van der Waals surface area contributed by atoms with Crippen molar-refractivity contribution in [1.82, 2.24) is 5.32 Å². The highest BCUT2D eigenvalue weighted by Gasteiger charge is 2.11. The molecule has 1 atom stereocenters. The SMILES string of the molecule is CCNC(Cc1ccc(Br)cc1)c1ccc(CC)cc1. The molecule has 2 aromatic rings. The van der Waals surface area contributed by atoms with Gasteiger partial charge < -0.3 is 5.32 Å². The van der Waals surface area contributed by atoms with Gasteiger partial charge in [-0.25, -0.2) is 0 Å². The molecule has 0 saturated heterocycles. The number of hydrogen-bond acceptors (Lipinski definition) is 1. The number of halogens is 1. The van der Waals surface area contributed by atoms with Crippen molar-refractivity contribution in [3.63, 3.8) is 0 Å². The maximum absolute atomic E-state index is 3.59. The van der Waals surface area contributed by atoms with Crippen molar-refractivity contribution in [1.29, 1.82) is 0 Å². The van der Waals surface area contributed by atoms with Gasteiger partial charge in [-0.05, 0) is 48.2 Å². The Hall–Kier alpha value is -1.12. The van der Waals surface area contributed by atoms with E-state index in [1.807, 2.05) is 0 Å². The second-order valence-electron chi connectivity index (χ2n) is 5.04. The zero-order valence-corrected chi connectivity index (χ0v) is 13.8. The highest BCUT2D eigenvalue weighted by Crippen LogP contribution is 2.20. The average Bonchev–Trinajstić information content (AvgIpc) is 2.49. The molecular weight excluding hydrogens is 310 g/mol. The number of rotatable bonds is 6. The van der Waals surface area contributed by atoms with Crippen LogP contribution in [0, 0.1) is 0 Å². The summed E-state index contributed by atoms with van der Waals surface area (Å²) in [6.07, 6.45) is 2.12. The molecular formula is C18H22BrN. The molecule has 2 aromatic carbocycles. The number of aryl methyl sites for hydroxylation is 1. The molecule has 2 rings (SSSR count). The van der Waals surface area contributed by atoms with Gasteiger partial charge >= 0.3 is 0 Å². The molecule has 0 saturated carbocycles. The maximum Gasteiger partial charge on any atom is 0.0360 e. The van der Waals surface area contributed by atoms with E-state index in [9.17, 15) is 0 Å². The van der Waals surface area contributed by atoms with Crippen LogP contribution in [0.5, 0.6) is 0 Å². The molecule has 0 spiro atoms. The van der Waals surface area contributed by atoms with E-state index >= 15 is 0 Å². The Morgan fingerprint density at radius 3 is 2.05 bits per heavy atom. The van der Waals surface area contributed by atoms with Crippen molar-refractivity contribution in [2.75, 3.05) is 6.54 Å². The molecule has 0 aromatic heterocycles.